The van der Waals surface area contributed by atoms with Crippen LogP contribution in [0.25, 0.3) is 22.6 Å². The highest BCUT2D eigenvalue weighted by Crippen LogP contribution is 2.25. The number of carbonyl (C=O) groups is 1. The van der Waals surface area contributed by atoms with Crippen LogP contribution in [0.15, 0.2) is 69.8 Å². The van der Waals surface area contributed by atoms with Crippen LogP contribution in [0, 0.1) is 0 Å². The van der Waals surface area contributed by atoms with Crippen molar-refractivity contribution in [3.63, 3.8) is 0 Å². The SMILES string of the molecule is O=C(Nc1nonc1-c1ccccc1)c1cc(-c2ccc(Cl)cc2)on1. The summed E-state index contributed by atoms with van der Waals surface area (Å²) in [4.78, 5) is 12.4. The molecule has 0 aliphatic carbocycles. The van der Waals surface area contributed by atoms with Crippen molar-refractivity contribution in [2.45, 2.75) is 0 Å². The van der Waals surface area contributed by atoms with Crippen molar-refractivity contribution in [2.24, 2.45) is 0 Å². The lowest BCUT2D eigenvalue weighted by atomic mass is 10.1. The van der Waals surface area contributed by atoms with Crippen LogP contribution in [0.3, 0.4) is 0 Å². The van der Waals surface area contributed by atoms with Crippen LogP contribution in [-0.2, 0) is 0 Å². The second-order valence-electron chi connectivity index (χ2n) is 5.36. The normalized spacial score (nSPS) is 10.7. The molecule has 0 aliphatic rings. The third-order valence-corrected chi connectivity index (χ3v) is 3.89. The third kappa shape index (κ3) is 3.20. The molecule has 26 heavy (non-hydrogen) atoms. The first-order valence-corrected chi connectivity index (χ1v) is 8.00. The molecular formula is C18H11ClN4O3. The maximum Gasteiger partial charge on any atom is 0.279 e. The number of nitrogens with one attached hydrogen (secondary N) is 1. The van der Waals surface area contributed by atoms with Crippen molar-refractivity contribution in [1.29, 1.82) is 0 Å². The highest BCUT2D eigenvalue weighted by atomic mass is 35.5. The molecule has 2 heterocycles. The minimum atomic E-state index is -0.484. The molecule has 2 aromatic heterocycles. The molecule has 0 saturated carbocycles. The molecule has 7 nitrogen and oxygen atoms in total. The average molecular weight is 367 g/mol. The van der Waals surface area contributed by atoms with Crippen LogP contribution in [0.1, 0.15) is 10.5 Å². The highest BCUT2D eigenvalue weighted by Gasteiger charge is 2.19. The summed E-state index contributed by atoms with van der Waals surface area (Å²) >= 11 is 5.87. The van der Waals surface area contributed by atoms with Crippen LogP contribution in [0.4, 0.5) is 5.82 Å². The molecule has 2 aromatic carbocycles. The van der Waals surface area contributed by atoms with Crippen molar-refractivity contribution in [1.82, 2.24) is 15.5 Å². The van der Waals surface area contributed by atoms with Crippen LogP contribution in [0.2, 0.25) is 5.02 Å². The van der Waals surface area contributed by atoms with E-state index in [4.69, 9.17) is 20.8 Å². The van der Waals surface area contributed by atoms with Crippen molar-refractivity contribution >= 4 is 23.3 Å². The lowest BCUT2D eigenvalue weighted by Crippen LogP contribution is -2.13. The van der Waals surface area contributed by atoms with E-state index in [9.17, 15) is 4.79 Å². The van der Waals surface area contributed by atoms with Gasteiger partial charge in [0.25, 0.3) is 5.91 Å². The maximum absolute atomic E-state index is 12.4. The Balaban J connectivity index is 1.55. The number of benzene rings is 2. The van der Waals surface area contributed by atoms with Gasteiger partial charge in [0, 0.05) is 22.2 Å². The van der Waals surface area contributed by atoms with Gasteiger partial charge < -0.3 is 9.84 Å². The average Bonchev–Trinajstić information content (AvgIpc) is 3.33. The van der Waals surface area contributed by atoms with Crippen LogP contribution >= 0.6 is 11.6 Å². The summed E-state index contributed by atoms with van der Waals surface area (Å²) in [5.74, 6) is 0.174. The van der Waals surface area contributed by atoms with Gasteiger partial charge in [-0.2, -0.15) is 0 Å². The molecule has 0 atom stereocenters. The molecule has 0 radical (unpaired) electrons. The van der Waals surface area contributed by atoms with Gasteiger partial charge in [0.15, 0.2) is 17.1 Å². The number of anilines is 1. The zero-order valence-corrected chi connectivity index (χ0v) is 14.0. The second kappa shape index (κ2) is 6.81. The third-order valence-electron chi connectivity index (χ3n) is 3.64. The Kier molecular flexibility index (Phi) is 4.20. The number of nitrogens with zero attached hydrogens (tertiary/aromatic N) is 3. The van der Waals surface area contributed by atoms with E-state index < -0.39 is 5.91 Å². The number of hydrogen-bond acceptors (Lipinski definition) is 6. The van der Waals surface area contributed by atoms with Crippen molar-refractivity contribution in [3.8, 4) is 22.6 Å². The second-order valence-corrected chi connectivity index (χ2v) is 5.80. The fourth-order valence-electron chi connectivity index (χ4n) is 2.36. The summed E-state index contributed by atoms with van der Waals surface area (Å²) in [7, 11) is 0. The molecule has 0 saturated heterocycles. The Morgan fingerprint density at radius 2 is 1.69 bits per heavy atom. The topological polar surface area (TPSA) is 94.1 Å². The zero-order valence-electron chi connectivity index (χ0n) is 13.2. The van der Waals surface area contributed by atoms with E-state index in [1.54, 1.807) is 24.3 Å². The molecule has 8 heteroatoms. The quantitative estimate of drug-likeness (QED) is 0.578. The molecule has 1 N–H and O–H groups in total. The van der Waals surface area contributed by atoms with Gasteiger partial charge in [-0.05, 0) is 34.6 Å². The van der Waals surface area contributed by atoms with Crippen LogP contribution < -0.4 is 5.32 Å². The van der Waals surface area contributed by atoms with Gasteiger partial charge in [-0.15, -0.1) is 0 Å². The first-order chi connectivity index (χ1) is 12.7. The summed E-state index contributed by atoms with van der Waals surface area (Å²) in [6.07, 6.45) is 0. The minimum Gasteiger partial charge on any atom is -0.355 e. The smallest absolute Gasteiger partial charge is 0.279 e. The van der Waals surface area contributed by atoms with Gasteiger partial charge >= 0.3 is 0 Å². The Labute approximate surface area is 152 Å². The van der Waals surface area contributed by atoms with Gasteiger partial charge in [-0.25, -0.2) is 4.63 Å². The van der Waals surface area contributed by atoms with Crippen LogP contribution in [0.5, 0.6) is 0 Å². The number of carbonyl (C=O) groups excluding carboxylic acids is 1. The fraction of sp³-hybridized carbons (Fsp3) is 0. The lowest BCUT2D eigenvalue weighted by molar-refractivity contribution is 0.101. The van der Waals surface area contributed by atoms with Gasteiger partial charge in [0.05, 0.1) is 0 Å². The molecule has 0 spiro atoms. The fourth-order valence-corrected chi connectivity index (χ4v) is 2.49. The van der Waals surface area contributed by atoms with E-state index in [2.05, 4.69) is 20.8 Å². The first-order valence-electron chi connectivity index (χ1n) is 7.63. The summed E-state index contributed by atoms with van der Waals surface area (Å²) < 4.78 is 9.98. The molecular weight excluding hydrogens is 356 g/mol. The molecule has 128 valence electrons. The minimum absolute atomic E-state index is 0.108. The zero-order chi connectivity index (χ0) is 17.9. The number of hydrogen-bond donors (Lipinski definition) is 1. The standard InChI is InChI=1S/C18H11ClN4O3/c19-13-8-6-11(7-9-13)15-10-14(21-25-15)18(24)20-17-16(22-26-23-17)12-4-2-1-3-5-12/h1-10H,(H,20,23,24). The molecule has 4 rings (SSSR count). The number of rotatable bonds is 4. The predicted octanol–water partition coefficient (Wildman–Crippen LogP) is 4.30. The summed E-state index contributed by atoms with van der Waals surface area (Å²) in [5, 5.41) is 14.6. The molecule has 0 unspecified atom stereocenters. The first kappa shape index (κ1) is 16.0. The molecule has 0 aliphatic heterocycles. The maximum atomic E-state index is 12.4. The Bertz CT molecular complexity index is 1040. The lowest BCUT2D eigenvalue weighted by Gasteiger charge is -2.00. The van der Waals surface area contributed by atoms with Gasteiger partial charge in [0.2, 0.25) is 5.82 Å². The molecule has 0 fully saturated rings. The summed E-state index contributed by atoms with van der Waals surface area (Å²) in [6, 6.07) is 17.8. The van der Waals surface area contributed by atoms with E-state index in [0.29, 0.717) is 16.5 Å². The van der Waals surface area contributed by atoms with E-state index in [1.165, 1.54) is 6.07 Å². The number of halogens is 1. The van der Waals surface area contributed by atoms with Crippen LogP contribution in [-0.4, -0.2) is 21.4 Å². The molecule has 1 amide bonds. The summed E-state index contributed by atoms with van der Waals surface area (Å²) in [6.45, 7) is 0. The van der Waals surface area contributed by atoms with Gasteiger partial charge in [0.1, 0.15) is 0 Å². The Morgan fingerprint density at radius 3 is 2.46 bits per heavy atom. The number of aromatic nitrogens is 3. The van der Waals surface area contributed by atoms with Gasteiger partial charge in [-0.1, -0.05) is 47.1 Å². The van der Waals surface area contributed by atoms with E-state index >= 15 is 0 Å². The van der Waals surface area contributed by atoms with Gasteiger partial charge in [-0.3, -0.25) is 4.79 Å². The Morgan fingerprint density at radius 1 is 0.923 bits per heavy atom. The van der Waals surface area contributed by atoms with Crippen molar-refractivity contribution < 1.29 is 13.9 Å². The monoisotopic (exact) mass is 366 g/mol. The van der Waals surface area contributed by atoms with E-state index in [-0.39, 0.29) is 11.5 Å². The van der Waals surface area contributed by atoms with Crippen molar-refractivity contribution in [3.05, 3.63) is 71.4 Å². The Hall–Kier alpha value is -3.45. The number of amides is 1. The molecule has 4 aromatic rings. The summed E-state index contributed by atoms with van der Waals surface area (Å²) in [5.41, 5.74) is 2.07. The van der Waals surface area contributed by atoms with E-state index in [1.807, 2.05) is 30.3 Å². The highest BCUT2D eigenvalue weighted by molar-refractivity contribution is 6.30. The van der Waals surface area contributed by atoms with E-state index in [0.717, 1.165) is 11.1 Å². The van der Waals surface area contributed by atoms with Crippen molar-refractivity contribution in [2.75, 3.05) is 5.32 Å². The predicted molar refractivity (Wildman–Crippen MR) is 94.6 cm³/mol. The largest absolute Gasteiger partial charge is 0.355 e. The molecule has 0 bridgehead atoms.